The van der Waals surface area contributed by atoms with Crippen LogP contribution in [0.2, 0.25) is 0 Å². The summed E-state index contributed by atoms with van der Waals surface area (Å²) in [5.41, 5.74) is 3.67. The number of halogens is 1. The third kappa shape index (κ3) is 5.87. The molecule has 0 aliphatic carbocycles. The summed E-state index contributed by atoms with van der Waals surface area (Å²) < 4.78 is 5.95. The average Bonchev–Trinajstić information content (AvgIpc) is 2.46. The van der Waals surface area contributed by atoms with Crippen LogP contribution in [0.4, 0.5) is 5.69 Å². The highest BCUT2D eigenvalue weighted by atomic mass is 79.9. The van der Waals surface area contributed by atoms with Crippen LogP contribution in [-0.4, -0.2) is 18.5 Å². The monoisotopic (exact) mass is 375 g/mol. The van der Waals surface area contributed by atoms with Crippen molar-refractivity contribution in [2.45, 2.75) is 20.3 Å². The molecule has 23 heavy (non-hydrogen) atoms. The largest absolute Gasteiger partial charge is 0.455 e. The van der Waals surface area contributed by atoms with Gasteiger partial charge in [-0.25, -0.2) is 0 Å². The lowest BCUT2D eigenvalue weighted by atomic mass is 10.1. The Bertz CT molecular complexity index is 690. The highest BCUT2D eigenvalue weighted by Crippen LogP contribution is 2.14. The first-order chi connectivity index (χ1) is 10.9. The molecule has 0 heterocycles. The van der Waals surface area contributed by atoms with E-state index in [2.05, 4.69) is 21.2 Å². The minimum absolute atomic E-state index is 0.143. The Morgan fingerprint density at radius 3 is 2.26 bits per heavy atom. The van der Waals surface area contributed by atoms with Crippen LogP contribution < -0.4 is 5.32 Å². The van der Waals surface area contributed by atoms with Crippen LogP contribution in [-0.2, 0) is 20.7 Å². The minimum Gasteiger partial charge on any atom is -0.455 e. The van der Waals surface area contributed by atoms with Crippen molar-refractivity contribution in [2.75, 3.05) is 11.9 Å². The molecule has 0 bridgehead atoms. The van der Waals surface area contributed by atoms with Gasteiger partial charge in [0.05, 0.1) is 6.42 Å². The number of nitrogens with one attached hydrogen (secondary N) is 1. The van der Waals surface area contributed by atoms with E-state index in [9.17, 15) is 9.59 Å². The second-order valence-electron chi connectivity index (χ2n) is 5.39. The molecule has 2 aromatic rings. The molecule has 0 aromatic heterocycles. The van der Waals surface area contributed by atoms with Gasteiger partial charge in [0.15, 0.2) is 6.61 Å². The smallest absolute Gasteiger partial charge is 0.310 e. The molecule has 4 nitrogen and oxygen atoms in total. The molecule has 0 fully saturated rings. The van der Waals surface area contributed by atoms with Gasteiger partial charge in [0, 0.05) is 10.2 Å². The topological polar surface area (TPSA) is 55.4 Å². The summed E-state index contributed by atoms with van der Waals surface area (Å²) in [5.74, 6) is -0.776. The number of hydrogen-bond acceptors (Lipinski definition) is 3. The van der Waals surface area contributed by atoms with E-state index in [1.165, 1.54) is 0 Å². The number of amides is 1. The van der Waals surface area contributed by atoms with Crippen molar-refractivity contribution in [3.63, 3.8) is 0 Å². The summed E-state index contributed by atoms with van der Waals surface area (Å²) in [6.45, 7) is 3.63. The first-order valence-electron chi connectivity index (χ1n) is 7.20. The van der Waals surface area contributed by atoms with Crippen molar-refractivity contribution < 1.29 is 14.3 Å². The molecular formula is C18H18BrNO3. The molecule has 0 radical (unpaired) electrons. The Morgan fingerprint density at radius 1 is 1.04 bits per heavy atom. The van der Waals surface area contributed by atoms with Crippen LogP contribution in [0.15, 0.2) is 46.9 Å². The highest BCUT2D eigenvalue weighted by Gasteiger charge is 2.09. The van der Waals surface area contributed by atoms with Crippen LogP contribution in [0.1, 0.15) is 16.7 Å². The summed E-state index contributed by atoms with van der Waals surface area (Å²) in [6, 6.07) is 13.1. The second-order valence-corrected chi connectivity index (χ2v) is 6.30. The van der Waals surface area contributed by atoms with Crippen molar-refractivity contribution in [3.05, 3.63) is 63.6 Å². The maximum atomic E-state index is 11.8. The Morgan fingerprint density at radius 2 is 1.65 bits per heavy atom. The molecule has 0 spiro atoms. The fraction of sp³-hybridized carbons (Fsp3) is 0.222. The fourth-order valence-corrected chi connectivity index (χ4v) is 2.47. The number of rotatable bonds is 5. The molecule has 0 atom stereocenters. The van der Waals surface area contributed by atoms with Crippen LogP contribution in [0.25, 0.3) is 0 Å². The van der Waals surface area contributed by atoms with Gasteiger partial charge in [-0.3, -0.25) is 9.59 Å². The summed E-state index contributed by atoms with van der Waals surface area (Å²) in [4.78, 5) is 23.6. The van der Waals surface area contributed by atoms with Crippen molar-refractivity contribution in [1.29, 1.82) is 0 Å². The summed E-state index contributed by atoms with van der Waals surface area (Å²) in [6.07, 6.45) is 0.143. The van der Waals surface area contributed by atoms with Crippen LogP contribution in [0.3, 0.4) is 0 Å². The predicted molar refractivity (Wildman–Crippen MR) is 93.4 cm³/mol. The van der Waals surface area contributed by atoms with Crippen LogP contribution in [0.5, 0.6) is 0 Å². The maximum Gasteiger partial charge on any atom is 0.310 e. The minimum atomic E-state index is -0.428. The highest BCUT2D eigenvalue weighted by molar-refractivity contribution is 9.10. The molecule has 0 saturated heterocycles. The van der Waals surface area contributed by atoms with Crippen molar-refractivity contribution in [2.24, 2.45) is 0 Å². The quantitative estimate of drug-likeness (QED) is 0.808. The number of carbonyl (C=O) groups excluding carboxylic acids is 2. The molecule has 5 heteroatoms. The Balaban J connectivity index is 1.81. The van der Waals surface area contributed by atoms with Crippen molar-refractivity contribution in [1.82, 2.24) is 0 Å². The first-order valence-corrected chi connectivity index (χ1v) is 8.00. The van der Waals surface area contributed by atoms with Gasteiger partial charge < -0.3 is 10.1 Å². The van der Waals surface area contributed by atoms with E-state index in [-0.39, 0.29) is 18.9 Å². The third-order valence-electron chi connectivity index (χ3n) is 3.13. The lowest BCUT2D eigenvalue weighted by Crippen LogP contribution is -2.21. The zero-order valence-electron chi connectivity index (χ0n) is 13.1. The molecule has 120 valence electrons. The lowest BCUT2D eigenvalue weighted by Gasteiger charge is -2.08. The number of benzene rings is 2. The summed E-state index contributed by atoms with van der Waals surface area (Å²) in [7, 11) is 0. The number of anilines is 1. The Labute approximate surface area is 144 Å². The SMILES string of the molecule is Cc1cc(C)cc(NC(=O)COC(=O)Cc2ccc(Br)cc2)c1. The van der Waals surface area contributed by atoms with Crippen LogP contribution in [0, 0.1) is 13.8 Å². The van der Waals surface area contributed by atoms with Gasteiger partial charge in [-0.15, -0.1) is 0 Å². The molecule has 0 aliphatic rings. The Kier molecular flexibility index (Phi) is 5.93. The molecule has 0 saturated carbocycles. The van der Waals surface area contributed by atoms with E-state index in [1.807, 2.05) is 56.3 Å². The average molecular weight is 376 g/mol. The molecule has 1 amide bonds. The molecule has 0 aliphatic heterocycles. The van der Waals surface area contributed by atoms with E-state index in [4.69, 9.17) is 4.74 Å². The number of ether oxygens (including phenoxy) is 1. The predicted octanol–water partition coefficient (Wildman–Crippen LogP) is 3.79. The van der Waals surface area contributed by atoms with Gasteiger partial charge in [-0.05, 0) is 54.8 Å². The van der Waals surface area contributed by atoms with Crippen molar-refractivity contribution in [3.8, 4) is 0 Å². The number of hydrogen-bond donors (Lipinski definition) is 1. The molecule has 1 N–H and O–H groups in total. The fourth-order valence-electron chi connectivity index (χ4n) is 2.21. The molecule has 2 rings (SSSR count). The van der Waals surface area contributed by atoms with Gasteiger partial charge in [0.1, 0.15) is 0 Å². The van der Waals surface area contributed by atoms with E-state index >= 15 is 0 Å². The number of esters is 1. The summed E-state index contributed by atoms with van der Waals surface area (Å²) >= 11 is 3.33. The van der Waals surface area contributed by atoms with Gasteiger partial charge in [0.25, 0.3) is 5.91 Å². The Hall–Kier alpha value is -2.14. The zero-order chi connectivity index (χ0) is 16.8. The van der Waals surface area contributed by atoms with Gasteiger partial charge in [-0.1, -0.05) is 34.1 Å². The van der Waals surface area contributed by atoms with Crippen LogP contribution >= 0.6 is 15.9 Å². The lowest BCUT2D eigenvalue weighted by molar-refractivity contribution is -0.146. The number of aryl methyl sites for hydroxylation is 2. The van der Waals surface area contributed by atoms with Crippen molar-refractivity contribution >= 4 is 33.5 Å². The molecule has 2 aromatic carbocycles. The van der Waals surface area contributed by atoms with E-state index in [0.29, 0.717) is 5.69 Å². The summed E-state index contributed by atoms with van der Waals surface area (Å²) in [5, 5.41) is 2.73. The van der Waals surface area contributed by atoms with Gasteiger partial charge >= 0.3 is 5.97 Å². The standard InChI is InChI=1S/C18H18BrNO3/c1-12-7-13(2)9-16(8-12)20-17(21)11-23-18(22)10-14-3-5-15(19)6-4-14/h3-9H,10-11H2,1-2H3,(H,20,21). The van der Waals surface area contributed by atoms with Gasteiger partial charge in [-0.2, -0.15) is 0 Å². The first kappa shape index (κ1) is 17.2. The molecule has 0 unspecified atom stereocenters. The zero-order valence-corrected chi connectivity index (χ0v) is 14.6. The number of carbonyl (C=O) groups is 2. The second kappa shape index (κ2) is 7.92. The van der Waals surface area contributed by atoms with E-state index in [1.54, 1.807) is 0 Å². The normalized spacial score (nSPS) is 10.2. The third-order valence-corrected chi connectivity index (χ3v) is 3.66. The maximum absolute atomic E-state index is 11.8. The molecular weight excluding hydrogens is 358 g/mol. The van der Waals surface area contributed by atoms with E-state index in [0.717, 1.165) is 21.2 Å². The van der Waals surface area contributed by atoms with Gasteiger partial charge in [0.2, 0.25) is 0 Å². The van der Waals surface area contributed by atoms with E-state index < -0.39 is 5.97 Å².